The second-order valence-electron chi connectivity index (χ2n) is 23.1. The van der Waals surface area contributed by atoms with E-state index in [1.54, 1.807) is 107 Å². The molecule has 4 rings (SSSR count). The maximum Gasteiger partial charge on any atom is 0.408 e. The van der Waals surface area contributed by atoms with Gasteiger partial charge in [-0.05, 0) is 139 Å². The third-order valence-electron chi connectivity index (χ3n) is 10.7. The molecule has 458 valence electrons. The lowest BCUT2D eigenvalue weighted by molar-refractivity contribution is -0.164. The van der Waals surface area contributed by atoms with Crippen LogP contribution in [0, 0.1) is 22.7 Å². The van der Waals surface area contributed by atoms with Crippen molar-refractivity contribution in [3.8, 4) is 40.5 Å². The van der Waals surface area contributed by atoms with Gasteiger partial charge in [-0.25, -0.2) is 29.1 Å². The molecule has 0 fully saturated rings. The lowest BCUT2D eigenvalue weighted by atomic mass is 9.97. The number of ether oxygens (including phenoxy) is 7. The Hall–Kier alpha value is -8.62. The number of carbonyl (C=O) groups is 8. The molecule has 2 heterocycles. The minimum absolute atomic E-state index is 0.0425. The summed E-state index contributed by atoms with van der Waals surface area (Å²) < 4.78 is 44.2. The van der Waals surface area contributed by atoms with Crippen LogP contribution in [0.2, 0.25) is 5.02 Å². The number of hydrogen-bond acceptors (Lipinski definition) is 22. The number of alkyl carbamates (subject to hydrolysis) is 2. The number of nitriles is 2. The van der Waals surface area contributed by atoms with Crippen LogP contribution < -0.4 is 31.7 Å². The molecule has 0 spiro atoms. The topological polar surface area (TPSA) is 362 Å². The van der Waals surface area contributed by atoms with Crippen LogP contribution >= 0.6 is 23.4 Å². The Morgan fingerprint density at radius 2 is 1.11 bits per heavy atom. The normalized spacial score (nSPS) is 13.3. The van der Waals surface area contributed by atoms with E-state index < -0.39 is 127 Å². The first kappa shape index (κ1) is 68.9. The van der Waals surface area contributed by atoms with E-state index in [4.69, 9.17) is 54.9 Å². The van der Waals surface area contributed by atoms with E-state index in [1.807, 2.05) is 6.07 Å². The molecular formula is C58H72ClN9O16S. The maximum absolute atomic E-state index is 13.8. The Morgan fingerprint density at radius 3 is 1.58 bits per heavy atom. The highest BCUT2D eigenvalue weighted by atomic mass is 35.5. The molecule has 4 aromatic rings. The number of anilines is 1. The predicted octanol–water partition coefficient (Wildman–Crippen LogP) is 7.77. The second kappa shape index (κ2) is 29.8. The Balaban J connectivity index is 1.59. The molecule has 6 N–H and O–H groups in total. The van der Waals surface area contributed by atoms with Gasteiger partial charge in [-0.2, -0.15) is 10.5 Å². The second-order valence-corrected chi connectivity index (χ2v) is 24.5. The number of carbonyl (C=O) groups excluding carboxylic acids is 8. The smallest absolute Gasteiger partial charge is 0.408 e. The largest absolute Gasteiger partial charge is 0.490 e. The number of thioether (sulfide) groups is 1. The van der Waals surface area contributed by atoms with Crippen molar-refractivity contribution in [2.45, 2.75) is 173 Å². The minimum atomic E-state index is -1.60. The molecule has 0 aliphatic rings. The molecule has 5 unspecified atom stereocenters. The summed E-state index contributed by atoms with van der Waals surface area (Å²) in [5.41, 5.74) is 4.15. The fraction of sp³-hybridized carbons (Fsp3) is 0.483. The van der Waals surface area contributed by atoms with E-state index in [-0.39, 0.29) is 39.0 Å². The lowest BCUT2D eigenvalue weighted by Crippen LogP contribution is -2.53. The number of oxazole rings is 1. The number of esters is 4. The molecule has 4 amide bonds. The number of pyridine rings is 1. The number of benzene rings is 2. The van der Waals surface area contributed by atoms with Crippen LogP contribution in [0.15, 0.2) is 64.2 Å². The van der Waals surface area contributed by atoms with Crippen molar-refractivity contribution in [2.75, 3.05) is 18.9 Å². The van der Waals surface area contributed by atoms with Gasteiger partial charge in [0.2, 0.25) is 17.7 Å². The van der Waals surface area contributed by atoms with Gasteiger partial charge < -0.3 is 64.6 Å². The first-order valence-electron chi connectivity index (χ1n) is 26.5. The van der Waals surface area contributed by atoms with Crippen LogP contribution in [0.1, 0.15) is 127 Å². The number of nitrogen functional groups attached to an aromatic ring is 1. The van der Waals surface area contributed by atoms with Crippen LogP contribution in [0.3, 0.4) is 0 Å². The number of halogens is 1. The molecule has 25 nitrogen and oxygen atoms in total. The van der Waals surface area contributed by atoms with Crippen molar-refractivity contribution >= 4 is 77.1 Å². The number of nitrogens with zero attached hydrogens (tertiary/aromatic N) is 4. The van der Waals surface area contributed by atoms with Gasteiger partial charge in [-0.1, -0.05) is 35.5 Å². The summed E-state index contributed by atoms with van der Waals surface area (Å²) >= 11 is 7.17. The van der Waals surface area contributed by atoms with Crippen molar-refractivity contribution in [1.82, 2.24) is 31.2 Å². The zero-order chi connectivity index (χ0) is 63.8. The third-order valence-corrected chi connectivity index (χ3v) is 12.0. The fourth-order valence-electron chi connectivity index (χ4n) is 7.19. The Kier molecular flexibility index (Phi) is 24.1. The maximum atomic E-state index is 13.8. The molecule has 5 atom stereocenters. The summed E-state index contributed by atoms with van der Waals surface area (Å²) in [6.07, 6.45) is -3.40. The van der Waals surface area contributed by atoms with Crippen LogP contribution in [-0.4, -0.2) is 124 Å². The molecule has 2 aromatic heterocycles. The summed E-state index contributed by atoms with van der Waals surface area (Å²) in [5.74, 6) is -5.34. The zero-order valence-corrected chi connectivity index (χ0v) is 51.4. The van der Waals surface area contributed by atoms with Crippen LogP contribution in [-0.2, 0) is 62.9 Å². The minimum Gasteiger partial charge on any atom is -0.490 e. The van der Waals surface area contributed by atoms with E-state index in [9.17, 15) is 48.9 Å². The first-order chi connectivity index (χ1) is 39.4. The average Bonchev–Trinajstić information content (AvgIpc) is 2.22. The molecule has 0 saturated heterocycles. The Bertz CT molecular complexity index is 3090. The first-order valence-corrected chi connectivity index (χ1v) is 27.9. The van der Waals surface area contributed by atoms with Crippen molar-refractivity contribution < 1.29 is 75.9 Å². The van der Waals surface area contributed by atoms with E-state index in [1.165, 1.54) is 44.4 Å². The molecule has 0 saturated carbocycles. The highest BCUT2D eigenvalue weighted by molar-refractivity contribution is 7.98. The van der Waals surface area contributed by atoms with E-state index in [0.717, 1.165) is 11.8 Å². The molecular weight excluding hydrogens is 1150 g/mol. The van der Waals surface area contributed by atoms with E-state index in [2.05, 4.69) is 37.3 Å². The molecule has 85 heavy (non-hydrogen) atoms. The Labute approximate surface area is 502 Å². The van der Waals surface area contributed by atoms with Gasteiger partial charge in [0, 0.05) is 21.9 Å². The lowest BCUT2D eigenvalue weighted by Gasteiger charge is -2.26. The molecule has 2 aromatic carbocycles. The number of nitrogens with one attached hydrogen (secondary N) is 4. The molecule has 0 radical (unpaired) electrons. The van der Waals surface area contributed by atoms with E-state index >= 15 is 0 Å². The zero-order valence-electron chi connectivity index (χ0n) is 49.8. The van der Waals surface area contributed by atoms with Crippen molar-refractivity contribution in [3.63, 3.8) is 0 Å². The summed E-state index contributed by atoms with van der Waals surface area (Å²) in [6, 6.07) is 11.0. The number of nitrogens with two attached hydrogens (primary N) is 1. The van der Waals surface area contributed by atoms with Crippen LogP contribution in [0.4, 0.5) is 15.4 Å². The van der Waals surface area contributed by atoms with Crippen LogP contribution in [0.25, 0.3) is 22.6 Å². The molecule has 27 heteroatoms. The quantitative estimate of drug-likeness (QED) is 0.0269. The number of rotatable bonds is 23. The van der Waals surface area contributed by atoms with Gasteiger partial charge in [-0.15, -0.1) is 0 Å². The van der Waals surface area contributed by atoms with Gasteiger partial charge in [0.05, 0.1) is 24.1 Å². The number of hydrogen-bond donors (Lipinski definition) is 5. The van der Waals surface area contributed by atoms with Gasteiger partial charge in [0.25, 0.3) is 0 Å². The van der Waals surface area contributed by atoms with Crippen molar-refractivity contribution in [2.24, 2.45) is 0 Å². The standard InChI is InChI=1S/C58H72ClN9O16S/c1-31(63-47(71)41(23-43(69)81-55(3,4)5)66-53(75)83-57(9,10)11)51(73)79-29-38(80-52(74)32(2)64-48(72)42(24-44(70)82-56(6,7)8)67-54(76)84-58(12,13)14)28-77-37-21-17-33(18-22-37)45-39(25-60)46(62)68-50(40(45)26-61)85-30-36-27-78-49(65-36)34-15-19-35(59)20-16-34/h15-22,27,31-32,38,41-42H,23-24,28-30H2,1-14H3,(H2,62,68)(H,63,71)(H,64,72)(H,66,75)(H,67,76). The number of aromatic nitrogens is 2. The highest BCUT2D eigenvalue weighted by Gasteiger charge is 2.34. The van der Waals surface area contributed by atoms with Crippen molar-refractivity contribution in [3.05, 3.63) is 76.6 Å². The summed E-state index contributed by atoms with van der Waals surface area (Å²) in [4.78, 5) is 115. The molecule has 0 aliphatic carbocycles. The van der Waals surface area contributed by atoms with Gasteiger partial charge in [-0.3, -0.25) is 19.2 Å². The molecule has 0 aliphatic heterocycles. The third kappa shape index (κ3) is 23.5. The Morgan fingerprint density at radius 1 is 0.635 bits per heavy atom. The summed E-state index contributed by atoms with van der Waals surface area (Å²) in [7, 11) is 0. The van der Waals surface area contributed by atoms with E-state index in [0.29, 0.717) is 27.7 Å². The highest BCUT2D eigenvalue weighted by Crippen LogP contribution is 2.37. The van der Waals surface area contributed by atoms with Gasteiger partial charge >= 0.3 is 36.1 Å². The summed E-state index contributed by atoms with van der Waals surface area (Å²) in [6.45, 7) is 20.4. The average molecular weight is 1220 g/mol. The summed E-state index contributed by atoms with van der Waals surface area (Å²) in [5, 5.41) is 30.9. The van der Waals surface area contributed by atoms with Crippen LogP contribution in [0.5, 0.6) is 5.75 Å². The monoisotopic (exact) mass is 1220 g/mol. The van der Waals surface area contributed by atoms with Gasteiger partial charge in [0.15, 0.2) is 6.10 Å². The fourth-order valence-corrected chi connectivity index (χ4v) is 8.18. The van der Waals surface area contributed by atoms with Gasteiger partial charge in [0.1, 0.15) is 100 Å². The van der Waals surface area contributed by atoms with Crippen molar-refractivity contribution in [1.29, 1.82) is 10.5 Å². The predicted molar refractivity (Wildman–Crippen MR) is 309 cm³/mol. The SMILES string of the molecule is CC(NC(=O)C(CC(=O)OC(C)(C)C)NC(=O)OC(C)(C)C)C(=O)OCC(COc1ccc(-c2c(C#N)c(N)nc(SCc3coc(-c4ccc(Cl)cc4)n3)c2C#N)cc1)OC(=O)C(C)NC(=O)C(CC(=O)OC(C)(C)C)NC(=O)OC(C)(C)C. The number of amides is 4. The molecule has 0 bridgehead atoms.